The van der Waals surface area contributed by atoms with E-state index in [9.17, 15) is 0 Å². The van der Waals surface area contributed by atoms with E-state index in [0.717, 1.165) is 0 Å². The van der Waals surface area contributed by atoms with Crippen molar-refractivity contribution in [2.24, 2.45) is 0 Å². The van der Waals surface area contributed by atoms with E-state index >= 15 is 0 Å². The van der Waals surface area contributed by atoms with E-state index < -0.39 is 0 Å². The topological polar surface area (TPSA) is 28.5 Å². The van der Waals surface area contributed by atoms with Gasteiger partial charge >= 0.3 is 60.7 Å². The van der Waals surface area contributed by atoms with Crippen LogP contribution in [0.1, 0.15) is 0 Å². The molecule has 0 aliphatic carbocycles. The predicted molar refractivity (Wildman–Crippen MR) is 12.2 cm³/mol. The molecular formula is AlOSnZn+7. The van der Waals surface area contributed by atoms with Gasteiger partial charge in [-0.2, -0.15) is 0 Å². The summed E-state index contributed by atoms with van der Waals surface area (Å²) in [5, 5.41) is 0. The van der Waals surface area contributed by atoms with Crippen molar-refractivity contribution in [2.75, 3.05) is 0 Å². The Kier molecular flexibility index (Phi) is 200. The molecule has 0 amide bonds. The first-order valence-electron chi connectivity index (χ1n) is 0. The summed E-state index contributed by atoms with van der Waals surface area (Å²) in [6.07, 6.45) is 0. The average molecular weight is 227 g/mol. The van der Waals surface area contributed by atoms with Crippen molar-refractivity contribution in [3.63, 3.8) is 0 Å². The van der Waals surface area contributed by atoms with Gasteiger partial charge in [-0.05, 0) is 0 Å². The minimum absolute atomic E-state index is 0. The monoisotopic (exact) mass is 227 g/mol. The summed E-state index contributed by atoms with van der Waals surface area (Å²) >= 11 is 0. The maximum absolute atomic E-state index is 0. The molecule has 0 unspecified atom stereocenters. The van der Waals surface area contributed by atoms with Gasteiger partial charge < -0.3 is 5.48 Å². The van der Waals surface area contributed by atoms with Gasteiger partial charge in [-0.3, -0.25) is 0 Å². The zero-order valence-corrected chi connectivity index (χ0v) is 9.17. The summed E-state index contributed by atoms with van der Waals surface area (Å²) in [4.78, 5) is 0. The largest absolute Gasteiger partial charge is 4.00 e. The fourth-order valence-electron chi connectivity index (χ4n) is 0. The molecule has 0 saturated carbocycles. The molecule has 0 radical (unpaired) electrons. The van der Waals surface area contributed by atoms with Crippen LogP contribution in [0.2, 0.25) is 0 Å². The van der Waals surface area contributed by atoms with E-state index in [1.54, 1.807) is 0 Å². The second-order valence-electron chi connectivity index (χ2n) is 0. The molecule has 8 valence electrons. The van der Waals surface area contributed by atoms with Gasteiger partial charge in [0.15, 0.2) is 0 Å². The smallest absolute Gasteiger partial charge is 2.00 e. The molecule has 0 aromatic rings. The Hall–Kier alpha value is 1.91. The van der Waals surface area contributed by atoms with Crippen molar-refractivity contribution < 1.29 is 25.0 Å². The van der Waals surface area contributed by atoms with Gasteiger partial charge in [0.1, 0.15) is 0 Å². The summed E-state index contributed by atoms with van der Waals surface area (Å²) in [5.41, 5.74) is 0. The molecule has 0 aliphatic heterocycles. The van der Waals surface area contributed by atoms with Crippen molar-refractivity contribution in [3.05, 3.63) is 0 Å². The van der Waals surface area contributed by atoms with Crippen molar-refractivity contribution in [2.45, 2.75) is 0 Å². The molecule has 0 bridgehead atoms. The van der Waals surface area contributed by atoms with E-state index in [1.807, 2.05) is 0 Å². The average Bonchev–Trinajstić information content (AvgIpc) is 0. The van der Waals surface area contributed by atoms with Crippen LogP contribution in [0.5, 0.6) is 0 Å². The minimum Gasteiger partial charge on any atom is -2.00 e. The molecular weight excluding hydrogens is 227 g/mol. The van der Waals surface area contributed by atoms with Crippen LogP contribution in [0.25, 0.3) is 0 Å². The van der Waals surface area contributed by atoms with Gasteiger partial charge in [0.2, 0.25) is 0 Å². The molecule has 0 atom stereocenters. The molecule has 1 nitrogen and oxygen atoms in total. The van der Waals surface area contributed by atoms with Gasteiger partial charge in [-0.15, -0.1) is 0 Å². The Labute approximate surface area is 65.7 Å². The van der Waals surface area contributed by atoms with Gasteiger partial charge in [0, 0.05) is 0 Å². The molecule has 4 heavy (non-hydrogen) atoms. The molecule has 0 saturated heterocycles. The molecule has 0 N–H and O–H groups in total. The standard InChI is InChI=1S/Al.O.Sn.Zn/q+3;-2;+4;+2. The summed E-state index contributed by atoms with van der Waals surface area (Å²) < 4.78 is 0. The van der Waals surface area contributed by atoms with E-state index in [4.69, 9.17) is 0 Å². The molecule has 0 aliphatic rings. The van der Waals surface area contributed by atoms with Gasteiger partial charge in [-0.25, -0.2) is 0 Å². The Bertz CT molecular complexity index is 8.00. The predicted octanol–water partition coefficient (Wildman–Crippen LogP) is -0.883. The first-order valence-corrected chi connectivity index (χ1v) is 0. The van der Waals surface area contributed by atoms with Crippen LogP contribution >= 0.6 is 0 Å². The normalized spacial score (nSPS) is 0. The molecule has 0 rings (SSSR count). The summed E-state index contributed by atoms with van der Waals surface area (Å²) in [7, 11) is 0. The van der Waals surface area contributed by atoms with E-state index in [1.165, 1.54) is 0 Å². The van der Waals surface area contributed by atoms with Crippen LogP contribution in [0, 0.1) is 0 Å². The van der Waals surface area contributed by atoms with Crippen molar-refractivity contribution in [3.8, 4) is 0 Å². The van der Waals surface area contributed by atoms with Crippen LogP contribution in [0.3, 0.4) is 0 Å². The fraction of sp³-hybridized carbons (Fsp3) is 0. The van der Waals surface area contributed by atoms with Gasteiger partial charge in [0.25, 0.3) is 0 Å². The maximum Gasteiger partial charge on any atom is 4.00 e. The third-order valence-electron chi connectivity index (χ3n) is 0. The molecule has 0 aromatic carbocycles. The number of rotatable bonds is 0. The number of hydrogen-bond donors (Lipinski definition) is 0. The van der Waals surface area contributed by atoms with Crippen LogP contribution in [-0.4, -0.2) is 41.3 Å². The Balaban J connectivity index is 0. The Morgan fingerprint density at radius 1 is 1.00 bits per heavy atom. The fourth-order valence-corrected chi connectivity index (χ4v) is 0. The summed E-state index contributed by atoms with van der Waals surface area (Å²) in [6, 6.07) is 0. The van der Waals surface area contributed by atoms with E-state index in [-0.39, 0.29) is 66.2 Å². The molecule has 0 heterocycles. The Morgan fingerprint density at radius 2 is 1.00 bits per heavy atom. The van der Waals surface area contributed by atoms with Crippen LogP contribution in [-0.2, 0) is 25.0 Å². The molecule has 4 heteroatoms. The zero-order valence-electron chi connectivity index (χ0n) is 2.19. The van der Waals surface area contributed by atoms with Crippen molar-refractivity contribution in [1.82, 2.24) is 0 Å². The SMILES string of the molecule is [Al+3].[O-2].[Sn+4].[Zn+2]. The molecule has 0 spiro atoms. The second-order valence-corrected chi connectivity index (χ2v) is 0. The van der Waals surface area contributed by atoms with Crippen LogP contribution in [0.4, 0.5) is 0 Å². The van der Waals surface area contributed by atoms with Gasteiger partial charge in [0.05, 0.1) is 0 Å². The molecule has 0 aromatic heterocycles. The van der Waals surface area contributed by atoms with Crippen LogP contribution < -0.4 is 0 Å². The maximum atomic E-state index is 0. The second kappa shape index (κ2) is 20.5. The third kappa shape index (κ3) is 9.07. The quantitative estimate of drug-likeness (QED) is 0.481. The Morgan fingerprint density at radius 3 is 1.00 bits per heavy atom. The van der Waals surface area contributed by atoms with Gasteiger partial charge in [-0.1, -0.05) is 0 Å². The van der Waals surface area contributed by atoms with E-state index in [2.05, 4.69) is 0 Å². The van der Waals surface area contributed by atoms with E-state index in [0.29, 0.717) is 0 Å². The minimum atomic E-state index is 0. The summed E-state index contributed by atoms with van der Waals surface area (Å²) in [5.74, 6) is 0. The van der Waals surface area contributed by atoms with Crippen LogP contribution in [0.15, 0.2) is 0 Å². The van der Waals surface area contributed by atoms with Crippen molar-refractivity contribution >= 4 is 41.3 Å². The third-order valence-corrected chi connectivity index (χ3v) is 0. The first kappa shape index (κ1) is 39.0. The first-order chi connectivity index (χ1) is 0. The summed E-state index contributed by atoms with van der Waals surface area (Å²) in [6.45, 7) is 0. The zero-order chi connectivity index (χ0) is 0. The number of hydrogen-bond acceptors (Lipinski definition) is 0. The molecule has 0 fully saturated rings. The van der Waals surface area contributed by atoms with Crippen molar-refractivity contribution in [1.29, 1.82) is 0 Å².